The van der Waals surface area contributed by atoms with E-state index in [0.29, 0.717) is 5.78 Å². The van der Waals surface area contributed by atoms with Crippen LogP contribution in [-0.4, -0.2) is 19.0 Å². The van der Waals surface area contributed by atoms with Gasteiger partial charge in [-0.25, -0.2) is 0 Å². The van der Waals surface area contributed by atoms with Crippen LogP contribution in [0.5, 0.6) is 0 Å². The van der Waals surface area contributed by atoms with Crippen molar-refractivity contribution >= 4 is 5.78 Å². The summed E-state index contributed by atoms with van der Waals surface area (Å²) in [5.74, 6) is 2.14. The van der Waals surface area contributed by atoms with E-state index in [-0.39, 0.29) is 12.0 Å². The van der Waals surface area contributed by atoms with Crippen LogP contribution in [0.15, 0.2) is 0 Å². The number of hydrogen-bond acceptors (Lipinski definition) is 2. The normalized spacial score (nSPS) is 40.9. The lowest BCUT2D eigenvalue weighted by Crippen LogP contribution is -2.40. The van der Waals surface area contributed by atoms with Crippen molar-refractivity contribution in [2.75, 3.05) is 7.11 Å². The first kappa shape index (κ1) is 11.1. The van der Waals surface area contributed by atoms with Crippen molar-refractivity contribution in [3.8, 4) is 0 Å². The van der Waals surface area contributed by atoms with Crippen molar-refractivity contribution in [2.45, 2.75) is 51.6 Å². The number of carbonyl (C=O) groups excluding carboxylic acids is 1. The van der Waals surface area contributed by atoms with Gasteiger partial charge in [-0.05, 0) is 31.6 Å². The van der Waals surface area contributed by atoms with E-state index in [1.807, 2.05) is 0 Å². The minimum atomic E-state index is 0.175. The summed E-state index contributed by atoms with van der Waals surface area (Å²) in [7, 11) is 1.75. The van der Waals surface area contributed by atoms with Gasteiger partial charge in [0.1, 0.15) is 5.78 Å². The number of ketones is 1. The Morgan fingerprint density at radius 2 is 1.73 bits per heavy atom. The second-order valence-corrected chi connectivity index (χ2v) is 5.27. The van der Waals surface area contributed by atoms with E-state index >= 15 is 0 Å². The van der Waals surface area contributed by atoms with Crippen LogP contribution in [0.1, 0.15) is 45.4 Å². The molecule has 4 unspecified atom stereocenters. The molecule has 2 aliphatic rings. The van der Waals surface area contributed by atoms with E-state index < -0.39 is 0 Å². The molecule has 2 nitrogen and oxygen atoms in total. The predicted molar refractivity (Wildman–Crippen MR) is 59.7 cm³/mol. The molecule has 0 bridgehead atoms. The van der Waals surface area contributed by atoms with E-state index in [2.05, 4.69) is 0 Å². The van der Waals surface area contributed by atoms with Crippen molar-refractivity contribution in [3.63, 3.8) is 0 Å². The fourth-order valence-electron chi connectivity index (χ4n) is 3.53. The maximum Gasteiger partial charge on any atom is 0.135 e. The molecule has 2 fully saturated rings. The number of rotatable bonds is 2. The zero-order valence-corrected chi connectivity index (χ0v) is 9.87. The maximum absolute atomic E-state index is 11.6. The minimum absolute atomic E-state index is 0.175. The molecular weight excluding hydrogens is 188 g/mol. The molecule has 0 saturated heterocycles. The Morgan fingerprint density at radius 1 is 1.13 bits per heavy atom. The first-order chi connectivity index (χ1) is 7.22. The average Bonchev–Trinajstić information content (AvgIpc) is 2.27. The van der Waals surface area contributed by atoms with E-state index in [0.717, 1.165) is 24.7 Å². The molecule has 0 aromatic heterocycles. The lowest BCUT2D eigenvalue weighted by Gasteiger charge is -2.42. The molecule has 2 saturated carbocycles. The second kappa shape index (κ2) is 4.65. The first-order valence-electron chi connectivity index (χ1n) is 6.25. The monoisotopic (exact) mass is 210 g/mol. The van der Waals surface area contributed by atoms with Crippen LogP contribution >= 0.6 is 0 Å². The van der Waals surface area contributed by atoms with Crippen LogP contribution in [0, 0.1) is 17.8 Å². The summed E-state index contributed by atoms with van der Waals surface area (Å²) in [4.78, 5) is 11.6. The number of hydrogen-bond donors (Lipinski definition) is 0. The van der Waals surface area contributed by atoms with Crippen LogP contribution < -0.4 is 0 Å². The van der Waals surface area contributed by atoms with Crippen LogP contribution in [0.2, 0.25) is 0 Å². The van der Waals surface area contributed by atoms with Gasteiger partial charge in [0.05, 0.1) is 6.10 Å². The molecule has 0 amide bonds. The molecule has 4 atom stereocenters. The Kier molecular flexibility index (Phi) is 3.45. The highest BCUT2D eigenvalue weighted by Crippen LogP contribution is 2.43. The van der Waals surface area contributed by atoms with Gasteiger partial charge < -0.3 is 4.74 Å². The SMILES string of the molecule is COC1CC2CCCCC2CC1C(C)=O. The highest BCUT2D eigenvalue weighted by molar-refractivity contribution is 5.79. The summed E-state index contributed by atoms with van der Waals surface area (Å²) in [5, 5.41) is 0. The Hall–Kier alpha value is -0.370. The standard InChI is InChI=1S/C13H22O2/c1-9(14)12-7-10-5-3-4-6-11(10)8-13(12)15-2/h10-13H,3-8H2,1-2H3. The molecule has 0 heterocycles. The fourth-order valence-corrected chi connectivity index (χ4v) is 3.53. The van der Waals surface area contributed by atoms with Crippen molar-refractivity contribution in [1.29, 1.82) is 0 Å². The third-order valence-corrected chi connectivity index (χ3v) is 4.43. The maximum atomic E-state index is 11.6. The Bertz CT molecular complexity index is 237. The molecule has 0 N–H and O–H groups in total. The molecule has 0 aromatic carbocycles. The van der Waals surface area contributed by atoms with Gasteiger partial charge in [0.2, 0.25) is 0 Å². The molecule has 0 aromatic rings. The van der Waals surface area contributed by atoms with Gasteiger partial charge in [-0.3, -0.25) is 4.79 Å². The molecule has 0 aliphatic heterocycles. The van der Waals surface area contributed by atoms with Crippen molar-refractivity contribution in [3.05, 3.63) is 0 Å². The third-order valence-electron chi connectivity index (χ3n) is 4.43. The molecule has 0 radical (unpaired) electrons. The number of fused-ring (bicyclic) bond motifs is 1. The average molecular weight is 210 g/mol. The summed E-state index contributed by atoms with van der Waals surface area (Å²) in [6.45, 7) is 1.72. The molecular formula is C13H22O2. The predicted octanol–water partition coefficient (Wildman–Crippen LogP) is 2.81. The fraction of sp³-hybridized carbons (Fsp3) is 0.923. The molecule has 15 heavy (non-hydrogen) atoms. The third kappa shape index (κ3) is 2.25. The Labute approximate surface area is 92.4 Å². The van der Waals surface area contributed by atoms with Crippen LogP contribution in [0.4, 0.5) is 0 Å². The second-order valence-electron chi connectivity index (χ2n) is 5.27. The zero-order valence-electron chi connectivity index (χ0n) is 9.87. The van der Waals surface area contributed by atoms with Gasteiger partial charge in [-0.2, -0.15) is 0 Å². The summed E-state index contributed by atoms with van der Waals surface area (Å²) in [6, 6.07) is 0. The van der Waals surface area contributed by atoms with Gasteiger partial charge in [0.25, 0.3) is 0 Å². The number of methoxy groups -OCH3 is 1. The van der Waals surface area contributed by atoms with Gasteiger partial charge in [-0.1, -0.05) is 25.7 Å². The molecule has 86 valence electrons. The van der Waals surface area contributed by atoms with Crippen molar-refractivity contribution in [1.82, 2.24) is 0 Å². The molecule has 2 heteroatoms. The smallest absolute Gasteiger partial charge is 0.135 e. The highest BCUT2D eigenvalue weighted by Gasteiger charge is 2.39. The summed E-state index contributed by atoms with van der Waals surface area (Å²) in [5.41, 5.74) is 0. The van der Waals surface area contributed by atoms with Gasteiger partial charge in [0.15, 0.2) is 0 Å². The van der Waals surface area contributed by atoms with Crippen molar-refractivity contribution in [2.24, 2.45) is 17.8 Å². The molecule has 2 rings (SSSR count). The van der Waals surface area contributed by atoms with Gasteiger partial charge >= 0.3 is 0 Å². The van der Waals surface area contributed by atoms with E-state index in [4.69, 9.17) is 4.74 Å². The Morgan fingerprint density at radius 3 is 2.27 bits per heavy atom. The van der Waals surface area contributed by atoms with Gasteiger partial charge in [0, 0.05) is 13.0 Å². The van der Waals surface area contributed by atoms with Crippen LogP contribution in [0.25, 0.3) is 0 Å². The zero-order chi connectivity index (χ0) is 10.8. The van der Waals surface area contributed by atoms with E-state index in [1.54, 1.807) is 14.0 Å². The number of Topliss-reactive ketones (excluding diaryl/α,β-unsaturated/α-hetero) is 1. The van der Waals surface area contributed by atoms with Gasteiger partial charge in [-0.15, -0.1) is 0 Å². The summed E-state index contributed by atoms with van der Waals surface area (Å²) in [6.07, 6.45) is 7.83. The van der Waals surface area contributed by atoms with Crippen LogP contribution in [-0.2, 0) is 9.53 Å². The van der Waals surface area contributed by atoms with E-state index in [9.17, 15) is 4.79 Å². The lowest BCUT2D eigenvalue weighted by atomic mass is 9.65. The van der Waals surface area contributed by atoms with E-state index in [1.165, 1.54) is 25.7 Å². The minimum Gasteiger partial charge on any atom is -0.381 e. The number of ether oxygens (including phenoxy) is 1. The Balaban J connectivity index is 2.05. The molecule has 0 spiro atoms. The molecule has 2 aliphatic carbocycles. The lowest BCUT2D eigenvalue weighted by molar-refractivity contribution is -0.130. The number of carbonyl (C=O) groups is 1. The van der Waals surface area contributed by atoms with Crippen molar-refractivity contribution < 1.29 is 9.53 Å². The first-order valence-corrected chi connectivity index (χ1v) is 6.25. The van der Waals surface area contributed by atoms with Crippen LogP contribution in [0.3, 0.4) is 0 Å². The summed E-state index contributed by atoms with van der Waals surface area (Å²) < 4.78 is 5.49. The largest absolute Gasteiger partial charge is 0.381 e. The summed E-state index contributed by atoms with van der Waals surface area (Å²) >= 11 is 0. The topological polar surface area (TPSA) is 26.3 Å². The highest BCUT2D eigenvalue weighted by atomic mass is 16.5. The quantitative estimate of drug-likeness (QED) is 0.700.